The molecule has 0 aliphatic carbocycles. The van der Waals surface area contributed by atoms with Gasteiger partial charge in [0, 0.05) is 4.47 Å². The normalized spacial score (nSPS) is 10.0. The second kappa shape index (κ2) is 4.46. The summed E-state index contributed by atoms with van der Waals surface area (Å²) in [6.45, 7) is 2.14. The minimum Gasteiger partial charge on any atom is -0.496 e. The molecule has 0 fully saturated rings. The molecule has 0 bridgehead atoms. The summed E-state index contributed by atoms with van der Waals surface area (Å²) in [7, 11) is 1.69. The number of rotatable bonds is 2. The molecule has 0 saturated heterocycles. The maximum Gasteiger partial charge on any atom is 0.133 e. The molecule has 0 heterocycles. The average Bonchev–Trinajstić information content (AvgIpc) is 2.08. The van der Waals surface area contributed by atoms with Crippen molar-refractivity contribution in [2.24, 2.45) is 0 Å². The van der Waals surface area contributed by atoms with Gasteiger partial charge in [0.2, 0.25) is 0 Å². The first-order valence-corrected chi connectivity index (χ1v) is 5.58. The molecule has 1 aromatic rings. The lowest BCUT2D eigenvalue weighted by atomic mass is 10.2. The number of hydrogen-bond acceptors (Lipinski definition) is 1. The van der Waals surface area contributed by atoms with Crippen LogP contribution in [0.4, 0.5) is 0 Å². The molecule has 0 aromatic heterocycles. The van der Waals surface area contributed by atoms with Crippen LogP contribution in [0.1, 0.15) is 12.5 Å². The molecule has 1 rings (SSSR count). The van der Waals surface area contributed by atoms with Crippen LogP contribution in [0.25, 0.3) is 0 Å². The highest BCUT2D eigenvalue weighted by Gasteiger charge is 2.04. The van der Waals surface area contributed by atoms with E-state index in [4.69, 9.17) is 4.74 Å². The van der Waals surface area contributed by atoms with E-state index >= 15 is 0 Å². The number of aryl methyl sites for hydroxylation is 1. The summed E-state index contributed by atoms with van der Waals surface area (Å²) in [4.78, 5) is 0. The second-order valence-electron chi connectivity index (χ2n) is 2.43. The minimum atomic E-state index is 0.930. The van der Waals surface area contributed by atoms with Crippen LogP contribution in [-0.4, -0.2) is 7.11 Å². The maximum atomic E-state index is 5.19. The molecule has 0 saturated carbocycles. The largest absolute Gasteiger partial charge is 0.496 e. The molecule has 0 amide bonds. The van der Waals surface area contributed by atoms with Crippen LogP contribution in [0.2, 0.25) is 0 Å². The van der Waals surface area contributed by atoms with E-state index in [0.29, 0.717) is 0 Å². The quantitative estimate of drug-likeness (QED) is 0.747. The lowest BCUT2D eigenvalue weighted by molar-refractivity contribution is 0.411. The van der Waals surface area contributed by atoms with Crippen molar-refractivity contribution < 1.29 is 4.74 Å². The van der Waals surface area contributed by atoms with Gasteiger partial charge in [-0.1, -0.05) is 22.9 Å². The fourth-order valence-electron chi connectivity index (χ4n) is 0.997. The molecule has 0 unspecified atom stereocenters. The predicted molar refractivity (Wildman–Crippen MR) is 62.8 cm³/mol. The predicted octanol–water partition coefficient (Wildman–Crippen LogP) is 3.62. The van der Waals surface area contributed by atoms with Gasteiger partial charge in [0.25, 0.3) is 0 Å². The molecule has 12 heavy (non-hydrogen) atoms. The van der Waals surface area contributed by atoms with E-state index in [1.807, 2.05) is 6.07 Å². The summed E-state index contributed by atoms with van der Waals surface area (Å²) in [5, 5.41) is 0. The maximum absolute atomic E-state index is 5.19. The van der Waals surface area contributed by atoms with Gasteiger partial charge in [-0.3, -0.25) is 0 Å². The number of methoxy groups -OCH3 is 1. The Morgan fingerprint density at radius 1 is 1.50 bits per heavy atom. The van der Waals surface area contributed by atoms with E-state index in [2.05, 4.69) is 51.5 Å². The van der Waals surface area contributed by atoms with E-state index in [1.165, 1.54) is 5.56 Å². The van der Waals surface area contributed by atoms with Crippen LogP contribution >= 0.6 is 38.5 Å². The Morgan fingerprint density at radius 3 is 2.67 bits per heavy atom. The molecule has 1 aromatic carbocycles. The van der Waals surface area contributed by atoms with Crippen molar-refractivity contribution in [3.63, 3.8) is 0 Å². The van der Waals surface area contributed by atoms with E-state index in [9.17, 15) is 0 Å². The molecular weight excluding hydrogens is 331 g/mol. The third-order valence-corrected chi connectivity index (χ3v) is 3.28. The Labute approximate surface area is 94.8 Å². The zero-order chi connectivity index (χ0) is 9.14. The molecule has 0 spiro atoms. The summed E-state index contributed by atoms with van der Waals surface area (Å²) in [5.74, 6) is 0.930. The van der Waals surface area contributed by atoms with Crippen LogP contribution in [0.5, 0.6) is 5.75 Å². The first-order chi connectivity index (χ1) is 5.69. The topological polar surface area (TPSA) is 9.23 Å². The molecule has 0 aliphatic rings. The SMILES string of the molecule is CCc1cc(I)c(OC)cc1Br. The van der Waals surface area contributed by atoms with Gasteiger partial charge in [0.15, 0.2) is 0 Å². The summed E-state index contributed by atoms with van der Waals surface area (Å²) >= 11 is 5.78. The molecule has 1 nitrogen and oxygen atoms in total. The molecular formula is C9H10BrIO. The molecule has 0 radical (unpaired) electrons. The summed E-state index contributed by atoms with van der Waals surface area (Å²) < 4.78 is 7.48. The Hall–Kier alpha value is 0.230. The van der Waals surface area contributed by atoms with Crippen molar-refractivity contribution in [3.8, 4) is 5.75 Å². The first kappa shape index (κ1) is 10.3. The Morgan fingerprint density at radius 2 is 2.17 bits per heavy atom. The van der Waals surface area contributed by atoms with Crippen molar-refractivity contribution in [1.82, 2.24) is 0 Å². The van der Waals surface area contributed by atoms with Gasteiger partial charge in [-0.25, -0.2) is 0 Å². The first-order valence-electron chi connectivity index (χ1n) is 3.71. The van der Waals surface area contributed by atoms with Gasteiger partial charge in [-0.05, 0) is 46.7 Å². The Balaban J connectivity index is 3.16. The van der Waals surface area contributed by atoms with E-state index in [1.54, 1.807) is 7.11 Å². The molecule has 0 aliphatic heterocycles. The third-order valence-electron chi connectivity index (χ3n) is 1.70. The van der Waals surface area contributed by atoms with Gasteiger partial charge in [-0.2, -0.15) is 0 Å². The van der Waals surface area contributed by atoms with Gasteiger partial charge < -0.3 is 4.74 Å². The van der Waals surface area contributed by atoms with Crippen LogP contribution in [-0.2, 0) is 6.42 Å². The van der Waals surface area contributed by atoms with Crippen molar-refractivity contribution in [2.75, 3.05) is 7.11 Å². The van der Waals surface area contributed by atoms with Crippen LogP contribution < -0.4 is 4.74 Å². The van der Waals surface area contributed by atoms with Gasteiger partial charge >= 0.3 is 0 Å². The third kappa shape index (κ3) is 2.13. The summed E-state index contributed by atoms with van der Waals surface area (Å²) in [6.07, 6.45) is 1.04. The fraction of sp³-hybridized carbons (Fsp3) is 0.333. The van der Waals surface area contributed by atoms with E-state index in [0.717, 1.165) is 20.2 Å². The monoisotopic (exact) mass is 340 g/mol. The number of ether oxygens (including phenoxy) is 1. The van der Waals surface area contributed by atoms with Crippen molar-refractivity contribution in [3.05, 3.63) is 25.7 Å². The van der Waals surface area contributed by atoms with Gasteiger partial charge in [0.1, 0.15) is 5.75 Å². The highest BCUT2D eigenvalue weighted by Crippen LogP contribution is 2.28. The number of hydrogen-bond donors (Lipinski definition) is 0. The van der Waals surface area contributed by atoms with Crippen LogP contribution in [0.3, 0.4) is 0 Å². The molecule has 0 atom stereocenters. The molecule has 66 valence electrons. The lowest BCUT2D eigenvalue weighted by Gasteiger charge is -2.07. The average molecular weight is 341 g/mol. The zero-order valence-corrected chi connectivity index (χ0v) is 10.8. The summed E-state index contributed by atoms with van der Waals surface area (Å²) in [6, 6.07) is 4.16. The van der Waals surface area contributed by atoms with Gasteiger partial charge in [-0.15, -0.1) is 0 Å². The van der Waals surface area contributed by atoms with E-state index in [-0.39, 0.29) is 0 Å². The Bertz CT molecular complexity index is 256. The lowest BCUT2D eigenvalue weighted by Crippen LogP contribution is -1.90. The second-order valence-corrected chi connectivity index (χ2v) is 4.45. The zero-order valence-electron chi connectivity index (χ0n) is 7.03. The molecule has 3 heteroatoms. The molecule has 0 N–H and O–H groups in total. The van der Waals surface area contributed by atoms with Crippen molar-refractivity contribution in [1.29, 1.82) is 0 Å². The van der Waals surface area contributed by atoms with Crippen LogP contribution in [0, 0.1) is 3.57 Å². The van der Waals surface area contributed by atoms with Crippen molar-refractivity contribution in [2.45, 2.75) is 13.3 Å². The van der Waals surface area contributed by atoms with Gasteiger partial charge in [0.05, 0.1) is 10.7 Å². The van der Waals surface area contributed by atoms with E-state index < -0.39 is 0 Å². The number of benzene rings is 1. The standard InChI is InChI=1S/C9H10BrIO/c1-3-6-4-8(11)9(12-2)5-7(6)10/h4-5H,3H2,1-2H3. The summed E-state index contributed by atoms with van der Waals surface area (Å²) in [5.41, 5.74) is 1.32. The van der Waals surface area contributed by atoms with Crippen molar-refractivity contribution >= 4 is 38.5 Å². The van der Waals surface area contributed by atoms with Crippen LogP contribution in [0.15, 0.2) is 16.6 Å². The minimum absolute atomic E-state index is 0.930. The smallest absolute Gasteiger partial charge is 0.133 e. The Kier molecular flexibility index (Phi) is 3.83. The number of halogens is 2. The highest BCUT2D eigenvalue weighted by atomic mass is 127. The fourth-order valence-corrected chi connectivity index (χ4v) is 2.35. The highest BCUT2D eigenvalue weighted by molar-refractivity contribution is 14.1.